The second-order valence-corrected chi connectivity index (χ2v) is 5.14. The van der Waals surface area contributed by atoms with E-state index in [-0.39, 0.29) is 6.04 Å². The van der Waals surface area contributed by atoms with E-state index in [9.17, 15) is 0 Å². The van der Waals surface area contributed by atoms with Gasteiger partial charge >= 0.3 is 0 Å². The summed E-state index contributed by atoms with van der Waals surface area (Å²) in [5, 5.41) is 0. The van der Waals surface area contributed by atoms with Gasteiger partial charge in [0.2, 0.25) is 0 Å². The van der Waals surface area contributed by atoms with Crippen molar-refractivity contribution < 1.29 is 4.74 Å². The Labute approximate surface area is 104 Å². The van der Waals surface area contributed by atoms with Gasteiger partial charge in [-0.25, -0.2) is 0 Å². The number of hydrogen-bond acceptors (Lipinski definition) is 3. The van der Waals surface area contributed by atoms with E-state index < -0.39 is 0 Å². The van der Waals surface area contributed by atoms with Gasteiger partial charge in [-0.2, -0.15) is 0 Å². The second kappa shape index (κ2) is 5.17. The van der Waals surface area contributed by atoms with Gasteiger partial charge in [0, 0.05) is 10.5 Å². The number of benzene rings is 1. The molecule has 1 fully saturated rings. The van der Waals surface area contributed by atoms with Gasteiger partial charge < -0.3 is 4.74 Å². The molecule has 4 heteroatoms. The van der Waals surface area contributed by atoms with Crippen LogP contribution >= 0.6 is 15.9 Å². The first-order valence-electron chi connectivity index (χ1n) is 5.54. The van der Waals surface area contributed by atoms with Crippen molar-refractivity contribution >= 4 is 15.9 Å². The van der Waals surface area contributed by atoms with Crippen LogP contribution in [0.2, 0.25) is 0 Å². The molecule has 1 saturated carbocycles. The molecule has 3 N–H and O–H groups in total. The molecule has 0 aromatic heterocycles. The number of rotatable bonds is 5. The number of methoxy groups -OCH3 is 1. The highest BCUT2D eigenvalue weighted by Gasteiger charge is 2.26. The average molecular weight is 285 g/mol. The highest BCUT2D eigenvalue weighted by atomic mass is 79.9. The smallest absolute Gasteiger partial charge is 0.119 e. The van der Waals surface area contributed by atoms with E-state index in [0.717, 1.165) is 22.6 Å². The summed E-state index contributed by atoms with van der Waals surface area (Å²) in [4.78, 5) is 0. The molecule has 1 aromatic carbocycles. The summed E-state index contributed by atoms with van der Waals surface area (Å²) in [7, 11) is 1.68. The normalized spacial score (nSPS) is 17.2. The van der Waals surface area contributed by atoms with Crippen molar-refractivity contribution in [3.05, 3.63) is 28.2 Å². The molecule has 0 amide bonds. The van der Waals surface area contributed by atoms with E-state index in [0.29, 0.717) is 0 Å². The lowest BCUT2D eigenvalue weighted by Crippen LogP contribution is -2.28. The van der Waals surface area contributed by atoms with Gasteiger partial charge in [-0.1, -0.05) is 28.8 Å². The van der Waals surface area contributed by atoms with Crippen LogP contribution < -0.4 is 16.0 Å². The van der Waals surface area contributed by atoms with Gasteiger partial charge in [0.05, 0.1) is 7.11 Å². The van der Waals surface area contributed by atoms with Gasteiger partial charge in [0.1, 0.15) is 5.75 Å². The largest absolute Gasteiger partial charge is 0.497 e. The lowest BCUT2D eigenvalue weighted by Gasteiger charge is -2.18. The fraction of sp³-hybridized carbons (Fsp3) is 0.500. The third-order valence-electron chi connectivity index (χ3n) is 3.05. The van der Waals surface area contributed by atoms with E-state index in [4.69, 9.17) is 10.6 Å². The van der Waals surface area contributed by atoms with Gasteiger partial charge in [0.15, 0.2) is 0 Å². The fourth-order valence-electron chi connectivity index (χ4n) is 1.89. The maximum Gasteiger partial charge on any atom is 0.119 e. The van der Waals surface area contributed by atoms with Crippen LogP contribution in [0.25, 0.3) is 0 Å². The van der Waals surface area contributed by atoms with Crippen LogP contribution in [0.1, 0.15) is 30.9 Å². The summed E-state index contributed by atoms with van der Waals surface area (Å²) in [6.45, 7) is 0. The number of hydrazine groups is 1. The highest BCUT2D eigenvalue weighted by molar-refractivity contribution is 9.10. The molecule has 0 aliphatic heterocycles. The summed E-state index contributed by atoms with van der Waals surface area (Å²) in [6, 6.07) is 6.19. The van der Waals surface area contributed by atoms with Crippen LogP contribution in [-0.4, -0.2) is 7.11 Å². The fourth-order valence-corrected chi connectivity index (χ4v) is 2.41. The monoisotopic (exact) mass is 284 g/mol. The quantitative estimate of drug-likeness (QED) is 0.646. The predicted molar refractivity (Wildman–Crippen MR) is 68.1 cm³/mol. The Balaban J connectivity index is 2.20. The topological polar surface area (TPSA) is 47.3 Å². The average Bonchev–Trinajstić information content (AvgIpc) is 3.11. The van der Waals surface area contributed by atoms with Crippen LogP contribution in [0.3, 0.4) is 0 Å². The van der Waals surface area contributed by atoms with Crippen molar-refractivity contribution in [2.75, 3.05) is 7.11 Å². The van der Waals surface area contributed by atoms with E-state index in [1.54, 1.807) is 7.11 Å². The number of hydrogen-bond donors (Lipinski definition) is 2. The van der Waals surface area contributed by atoms with Crippen molar-refractivity contribution in [3.63, 3.8) is 0 Å². The standard InChI is InChI=1S/C12H17BrN2O/c1-16-9-4-5-11(13)10(7-9)12(15-14)6-8-2-3-8/h4-5,7-8,12,15H,2-3,6,14H2,1H3. The Morgan fingerprint density at radius 3 is 2.88 bits per heavy atom. The molecule has 1 aliphatic rings. The van der Waals surface area contributed by atoms with Crippen molar-refractivity contribution in [3.8, 4) is 5.75 Å². The first-order valence-corrected chi connectivity index (χ1v) is 6.33. The summed E-state index contributed by atoms with van der Waals surface area (Å²) in [6.07, 6.45) is 3.77. The van der Waals surface area contributed by atoms with E-state index in [2.05, 4.69) is 21.4 Å². The Kier molecular flexibility index (Phi) is 3.84. The summed E-state index contributed by atoms with van der Waals surface area (Å²) in [5.74, 6) is 7.33. The Hall–Kier alpha value is -0.580. The molecule has 0 heterocycles. The zero-order chi connectivity index (χ0) is 11.5. The minimum atomic E-state index is 0.206. The maximum atomic E-state index is 5.63. The minimum absolute atomic E-state index is 0.206. The lowest BCUT2D eigenvalue weighted by atomic mass is 10.0. The van der Waals surface area contributed by atoms with Gasteiger partial charge in [-0.05, 0) is 36.1 Å². The van der Waals surface area contributed by atoms with Gasteiger partial charge in [-0.3, -0.25) is 11.3 Å². The summed E-state index contributed by atoms with van der Waals surface area (Å²) in [5.41, 5.74) is 4.07. The molecule has 3 nitrogen and oxygen atoms in total. The molecule has 0 spiro atoms. The predicted octanol–water partition coefficient (Wildman–Crippen LogP) is 2.76. The van der Waals surface area contributed by atoms with Crippen LogP contribution in [0, 0.1) is 5.92 Å². The number of ether oxygens (including phenoxy) is 1. The molecular formula is C12H17BrN2O. The molecule has 1 aliphatic carbocycles. The first-order chi connectivity index (χ1) is 7.74. The van der Waals surface area contributed by atoms with Crippen molar-refractivity contribution in [1.29, 1.82) is 0 Å². The number of nitrogens with one attached hydrogen (secondary N) is 1. The molecule has 88 valence electrons. The van der Waals surface area contributed by atoms with Crippen LogP contribution in [0.15, 0.2) is 22.7 Å². The molecule has 0 radical (unpaired) electrons. The maximum absolute atomic E-state index is 5.63. The van der Waals surface area contributed by atoms with Crippen molar-refractivity contribution in [2.45, 2.75) is 25.3 Å². The summed E-state index contributed by atoms with van der Waals surface area (Å²) < 4.78 is 6.32. The van der Waals surface area contributed by atoms with Crippen LogP contribution in [0.5, 0.6) is 5.75 Å². The summed E-state index contributed by atoms with van der Waals surface area (Å²) >= 11 is 3.56. The van der Waals surface area contributed by atoms with E-state index >= 15 is 0 Å². The minimum Gasteiger partial charge on any atom is -0.497 e. The highest BCUT2D eigenvalue weighted by Crippen LogP contribution is 2.39. The van der Waals surface area contributed by atoms with Crippen molar-refractivity contribution in [1.82, 2.24) is 5.43 Å². The molecule has 1 aromatic rings. The van der Waals surface area contributed by atoms with Gasteiger partial charge in [0.25, 0.3) is 0 Å². The Morgan fingerprint density at radius 2 is 2.31 bits per heavy atom. The zero-order valence-electron chi connectivity index (χ0n) is 9.37. The lowest BCUT2D eigenvalue weighted by molar-refractivity contribution is 0.411. The third-order valence-corrected chi connectivity index (χ3v) is 3.77. The Bertz CT molecular complexity index is 366. The molecule has 0 saturated heterocycles. The molecule has 16 heavy (non-hydrogen) atoms. The van der Waals surface area contributed by atoms with Gasteiger partial charge in [-0.15, -0.1) is 0 Å². The molecular weight excluding hydrogens is 268 g/mol. The van der Waals surface area contributed by atoms with Crippen LogP contribution in [0.4, 0.5) is 0 Å². The van der Waals surface area contributed by atoms with Crippen LogP contribution in [-0.2, 0) is 0 Å². The second-order valence-electron chi connectivity index (χ2n) is 4.29. The Morgan fingerprint density at radius 1 is 1.56 bits per heavy atom. The molecule has 1 atom stereocenters. The SMILES string of the molecule is COc1ccc(Br)c(C(CC2CC2)NN)c1. The molecule has 2 rings (SSSR count). The number of halogens is 1. The first kappa shape index (κ1) is 11.9. The molecule has 1 unspecified atom stereocenters. The third kappa shape index (κ3) is 2.75. The number of nitrogens with two attached hydrogens (primary N) is 1. The molecule has 0 bridgehead atoms. The van der Waals surface area contributed by atoms with Crippen molar-refractivity contribution in [2.24, 2.45) is 11.8 Å². The van der Waals surface area contributed by atoms with E-state index in [1.807, 2.05) is 18.2 Å². The zero-order valence-corrected chi connectivity index (χ0v) is 11.0. The van der Waals surface area contributed by atoms with E-state index in [1.165, 1.54) is 18.4 Å².